The molecule has 30 heavy (non-hydrogen) atoms. The minimum atomic E-state index is -3.29. The van der Waals surface area contributed by atoms with E-state index in [2.05, 4.69) is 5.16 Å². The van der Waals surface area contributed by atoms with Gasteiger partial charge in [-0.15, -0.1) is 0 Å². The van der Waals surface area contributed by atoms with E-state index in [1.54, 1.807) is 43.6 Å². The molecule has 0 aliphatic heterocycles. The van der Waals surface area contributed by atoms with Gasteiger partial charge in [-0.3, -0.25) is 4.79 Å². The van der Waals surface area contributed by atoms with Crippen molar-refractivity contribution in [2.24, 2.45) is 12.2 Å². The Hall–Kier alpha value is -3.19. The summed E-state index contributed by atoms with van der Waals surface area (Å²) in [6, 6.07) is 17.8. The summed E-state index contributed by atoms with van der Waals surface area (Å²) < 4.78 is 25.1. The summed E-state index contributed by atoms with van der Waals surface area (Å²) >= 11 is 0. The highest BCUT2D eigenvalue weighted by Gasteiger charge is 2.21. The van der Waals surface area contributed by atoms with E-state index >= 15 is 0 Å². The number of sulfone groups is 1. The summed E-state index contributed by atoms with van der Waals surface area (Å²) in [5.41, 5.74) is 3.96. The van der Waals surface area contributed by atoms with E-state index in [1.165, 1.54) is 16.9 Å². The van der Waals surface area contributed by atoms with Crippen LogP contribution in [0.5, 0.6) is 0 Å². The average molecular weight is 425 g/mol. The first-order valence-electron chi connectivity index (χ1n) is 9.44. The van der Waals surface area contributed by atoms with Gasteiger partial charge < -0.3 is 9.77 Å². The van der Waals surface area contributed by atoms with Crippen LogP contribution in [0.25, 0.3) is 0 Å². The summed E-state index contributed by atoms with van der Waals surface area (Å²) in [5, 5.41) is 13.2. The summed E-state index contributed by atoms with van der Waals surface area (Å²) in [5.74, 6) is -0.164. The predicted octanol–water partition coefficient (Wildman–Crippen LogP) is 3.50. The van der Waals surface area contributed by atoms with Crippen LogP contribution in [0.1, 0.15) is 34.6 Å². The second-order valence-corrected chi connectivity index (χ2v) is 9.38. The molecule has 0 aliphatic rings. The SMILES string of the molecule is Cc1ccccc1C(C/C(=N/O)c1ccc(=O)n(C)c1)c1ccc(S(C)(=O)=O)cc1. The number of rotatable bonds is 6. The van der Waals surface area contributed by atoms with Gasteiger partial charge in [0.15, 0.2) is 9.84 Å². The van der Waals surface area contributed by atoms with Gasteiger partial charge >= 0.3 is 0 Å². The van der Waals surface area contributed by atoms with Gasteiger partial charge in [0, 0.05) is 43.5 Å². The maximum absolute atomic E-state index is 11.8. The Labute approximate surface area is 176 Å². The Morgan fingerprint density at radius 1 is 1.07 bits per heavy atom. The molecule has 0 aliphatic carbocycles. The van der Waals surface area contributed by atoms with Crippen LogP contribution in [0.2, 0.25) is 0 Å². The van der Waals surface area contributed by atoms with Gasteiger partial charge in [-0.25, -0.2) is 8.42 Å². The molecule has 0 saturated carbocycles. The van der Waals surface area contributed by atoms with E-state index in [0.29, 0.717) is 17.7 Å². The van der Waals surface area contributed by atoms with E-state index in [0.717, 1.165) is 16.7 Å². The molecule has 0 radical (unpaired) electrons. The molecule has 3 aromatic rings. The van der Waals surface area contributed by atoms with Crippen molar-refractivity contribution in [3.05, 3.63) is 99.5 Å². The lowest BCUT2D eigenvalue weighted by Gasteiger charge is -2.21. The summed E-state index contributed by atoms with van der Waals surface area (Å²) in [6.45, 7) is 2.01. The standard InChI is InChI=1S/C23H24N2O4S/c1-16-6-4-5-7-20(16)21(17-8-11-19(12-9-17)30(3,28)29)14-22(24-27)18-10-13-23(26)25(2)15-18/h4-13,15,21,27H,14H2,1-3H3/b24-22-. The maximum atomic E-state index is 11.8. The molecule has 1 N–H and O–H groups in total. The summed E-state index contributed by atoms with van der Waals surface area (Å²) in [4.78, 5) is 12.0. The van der Waals surface area contributed by atoms with E-state index in [9.17, 15) is 18.4 Å². The number of nitrogens with zero attached hydrogens (tertiary/aromatic N) is 2. The smallest absolute Gasteiger partial charge is 0.250 e. The quantitative estimate of drug-likeness (QED) is 0.373. The molecule has 0 bridgehead atoms. The Morgan fingerprint density at radius 3 is 2.30 bits per heavy atom. The van der Waals surface area contributed by atoms with Crippen molar-refractivity contribution < 1.29 is 13.6 Å². The summed E-state index contributed by atoms with van der Waals surface area (Å²) in [6.07, 6.45) is 3.19. The molecule has 1 unspecified atom stereocenters. The highest BCUT2D eigenvalue weighted by Crippen LogP contribution is 2.32. The number of pyridine rings is 1. The van der Waals surface area contributed by atoms with Gasteiger partial charge in [0.05, 0.1) is 10.6 Å². The second kappa shape index (κ2) is 8.67. The van der Waals surface area contributed by atoms with Crippen LogP contribution in [0.15, 0.2) is 81.7 Å². The van der Waals surface area contributed by atoms with Crippen molar-refractivity contribution in [2.75, 3.05) is 6.26 Å². The molecule has 2 aromatic carbocycles. The number of oxime groups is 1. The fourth-order valence-electron chi connectivity index (χ4n) is 3.51. The number of aromatic nitrogens is 1. The van der Waals surface area contributed by atoms with E-state index in [-0.39, 0.29) is 16.4 Å². The van der Waals surface area contributed by atoms with Crippen LogP contribution in [0.3, 0.4) is 0 Å². The first-order valence-corrected chi connectivity index (χ1v) is 11.3. The lowest BCUT2D eigenvalue weighted by molar-refractivity contribution is 0.317. The topological polar surface area (TPSA) is 88.7 Å². The zero-order valence-corrected chi connectivity index (χ0v) is 17.9. The molecular formula is C23H24N2O4S. The molecule has 7 heteroatoms. The monoisotopic (exact) mass is 424 g/mol. The highest BCUT2D eigenvalue weighted by molar-refractivity contribution is 7.90. The third kappa shape index (κ3) is 4.68. The minimum absolute atomic E-state index is 0.150. The third-order valence-corrected chi connectivity index (χ3v) is 6.34. The van der Waals surface area contributed by atoms with Crippen LogP contribution in [0.4, 0.5) is 0 Å². The molecule has 1 atom stereocenters. The zero-order valence-electron chi connectivity index (χ0n) is 17.1. The van der Waals surface area contributed by atoms with Crippen molar-refractivity contribution in [2.45, 2.75) is 24.2 Å². The number of hydrogen-bond donors (Lipinski definition) is 1. The molecule has 0 amide bonds. The number of benzene rings is 2. The minimum Gasteiger partial charge on any atom is -0.411 e. The first kappa shape index (κ1) is 21.5. The van der Waals surface area contributed by atoms with Gasteiger partial charge in [0.2, 0.25) is 5.56 Å². The molecule has 0 spiro atoms. The molecule has 0 fully saturated rings. The van der Waals surface area contributed by atoms with Crippen molar-refractivity contribution >= 4 is 15.5 Å². The van der Waals surface area contributed by atoms with E-state index in [1.807, 2.05) is 31.2 Å². The zero-order chi connectivity index (χ0) is 21.9. The molecule has 156 valence electrons. The van der Waals surface area contributed by atoms with Gasteiger partial charge in [-0.2, -0.15) is 0 Å². The lowest BCUT2D eigenvalue weighted by atomic mass is 9.83. The summed E-state index contributed by atoms with van der Waals surface area (Å²) in [7, 11) is -1.65. The Bertz CT molecular complexity index is 1240. The van der Waals surface area contributed by atoms with E-state index in [4.69, 9.17) is 0 Å². The second-order valence-electron chi connectivity index (χ2n) is 7.37. The van der Waals surface area contributed by atoms with Crippen LogP contribution >= 0.6 is 0 Å². The molecule has 1 aromatic heterocycles. The van der Waals surface area contributed by atoms with Gasteiger partial charge in [0.25, 0.3) is 0 Å². The van der Waals surface area contributed by atoms with Crippen LogP contribution < -0.4 is 5.56 Å². The lowest BCUT2D eigenvalue weighted by Crippen LogP contribution is -2.18. The van der Waals surface area contributed by atoms with Crippen LogP contribution in [-0.2, 0) is 16.9 Å². The number of hydrogen-bond acceptors (Lipinski definition) is 5. The molecular weight excluding hydrogens is 400 g/mol. The normalized spacial score (nSPS) is 13.2. The molecule has 3 rings (SSSR count). The molecule has 6 nitrogen and oxygen atoms in total. The van der Waals surface area contributed by atoms with Crippen molar-refractivity contribution in [3.8, 4) is 0 Å². The van der Waals surface area contributed by atoms with Gasteiger partial charge in [0.1, 0.15) is 0 Å². The first-order chi connectivity index (χ1) is 14.2. The Kier molecular flexibility index (Phi) is 6.22. The highest BCUT2D eigenvalue weighted by atomic mass is 32.2. The maximum Gasteiger partial charge on any atom is 0.250 e. The van der Waals surface area contributed by atoms with Gasteiger partial charge in [-0.05, 0) is 41.8 Å². The van der Waals surface area contributed by atoms with Crippen molar-refractivity contribution in [1.82, 2.24) is 4.57 Å². The molecule has 0 saturated heterocycles. The Balaban J connectivity index is 2.07. The number of aryl methyl sites for hydroxylation is 2. The molecule has 1 heterocycles. The average Bonchev–Trinajstić information content (AvgIpc) is 2.71. The Morgan fingerprint density at radius 2 is 1.73 bits per heavy atom. The van der Waals surface area contributed by atoms with Crippen molar-refractivity contribution in [1.29, 1.82) is 0 Å². The van der Waals surface area contributed by atoms with E-state index < -0.39 is 9.84 Å². The largest absolute Gasteiger partial charge is 0.411 e. The van der Waals surface area contributed by atoms with Crippen LogP contribution in [-0.4, -0.2) is 30.2 Å². The van der Waals surface area contributed by atoms with Crippen LogP contribution in [0, 0.1) is 6.92 Å². The van der Waals surface area contributed by atoms with Crippen molar-refractivity contribution in [3.63, 3.8) is 0 Å². The predicted molar refractivity (Wildman–Crippen MR) is 117 cm³/mol. The fraction of sp³-hybridized carbons (Fsp3) is 0.217. The van der Waals surface area contributed by atoms with Gasteiger partial charge in [-0.1, -0.05) is 41.6 Å². The third-order valence-electron chi connectivity index (χ3n) is 5.21. The fourth-order valence-corrected chi connectivity index (χ4v) is 4.14.